The standard InChI is InChI=1S/C13H13F2NS/c14-11-4-3-10(13(15)8-11)5-6-16-9-12-2-1-7-17-12/h1-4,7-8,16H,5-6,9H2. The van der Waals surface area contributed by atoms with Gasteiger partial charge in [0.15, 0.2) is 0 Å². The van der Waals surface area contributed by atoms with Gasteiger partial charge in [0.25, 0.3) is 0 Å². The molecule has 0 atom stereocenters. The fourth-order valence-electron chi connectivity index (χ4n) is 1.57. The molecule has 0 aliphatic carbocycles. The molecule has 17 heavy (non-hydrogen) atoms. The molecular weight excluding hydrogens is 240 g/mol. The summed E-state index contributed by atoms with van der Waals surface area (Å²) in [7, 11) is 0. The van der Waals surface area contributed by atoms with Crippen molar-refractivity contribution < 1.29 is 8.78 Å². The smallest absolute Gasteiger partial charge is 0.129 e. The molecule has 2 rings (SSSR count). The summed E-state index contributed by atoms with van der Waals surface area (Å²) in [6.45, 7) is 1.47. The second-order valence-electron chi connectivity index (χ2n) is 3.74. The molecule has 1 heterocycles. The van der Waals surface area contributed by atoms with Crippen LogP contribution in [-0.4, -0.2) is 6.54 Å². The van der Waals surface area contributed by atoms with E-state index < -0.39 is 11.6 Å². The Morgan fingerprint density at radius 1 is 1.18 bits per heavy atom. The zero-order valence-electron chi connectivity index (χ0n) is 9.25. The Morgan fingerprint density at radius 3 is 2.76 bits per heavy atom. The molecule has 0 saturated carbocycles. The van der Waals surface area contributed by atoms with Crippen molar-refractivity contribution in [1.82, 2.24) is 5.32 Å². The lowest BCUT2D eigenvalue weighted by atomic mass is 10.1. The summed E-state index contributed by atoms with van der Waals surface area (Å²) in [6, 6.07) is 7.77. The van der Waals surface area contributed by atoms with E-state index in [4.69, 9.17) is 0 Å². The second-order valence-corrected chi connectivity index (χ2v) is 4.77. The van der Waals surface area contributed by atoms with E-state index in [1.165, 1.54) is 17.0 Å². The van der Waals surface area contributed by atoms with Crippen molar-refractivity contribution in [3.05, 3.63) is 57.8 Å². The molecule has 0 aliphatic heterocycles. The van der Waals surface area contributed by atoms with E-state index in [-0.39, 0.29) is 0 Å². The molecule has 0 aliphatic rings. The van der Waals surface area contributed by atoms with Crippen LogP contribution in [0.1, 0.15) is 10.4 Å². The fourth-order valence-corrected chi connectivity index (χ4v) is 2.25. The van der Waals surface area contributed by atoms with Crippen LogP contribution in [0.4, 0.5) is 8.78 Å². The first-order chi connectivity index (χ1) is 8.25. The third kappa shape index (κ3) is 3.61. The van der Waals surface area contributed by atoms with Gasteiger partial charge in [0.05, 0.1) is 0 Å². The number of hydrogen-bond donors (Lipinski definition) is 1. The predicted octanol–water partition coefficient (Wildman–Crippen LogP) is 3.36. The van der Waals surface area contributed by atoms with Crippen LogP contribution in [0.15, 0.2) is 35.7 Å². The van der Waals surface area contributed by atoms with Crippen LogP contribution in [0.5, 0.6) is 0 Å². The van der Waals surface area contributed by atoms with Crippen LogP contribution >= 0.6 is 11.3 Å². The number of halogens is 2. The molecule has 0 unspecified atom stereocenters. The fraction of sp³-hybridized carbons (Fsp3) is 0.231. The Labute approximate surface area is 103 Å². The number of thiophene rings is 1. The van der Waals surface area contributed by atoms with E-state index in [1.807, 2.05) is 11.4 Å². The third-order valence-corrected chi connectivity index (χ3v) is 3.34. The molecule has 1 aromatic carbocycles. The van der Waals surface area contributed by atoms with Crippen molar-refractivity contribution in [2.75, 3.05) is 6.54 Å². The minimum atomic E-state index is -0.530. The summed E-state index contributed by atoms with van der Waals surface area (Å²) < 4.78 is 26.0. The Hall–Kier alpha value is -1.26. The molecule has 0 spiro atoms. The highest BCUT2D eigenvalue weighted by Crippen LogP contribution is 2.10. The largest absolute Gasteiger partial charge is 0.312 e. The molecule has 4 heteroatoms. The van der Waals surface area contributed by atoms with E-state index in [9.17, 15) is 8.78 Å². The van der Waals surface area contributed by atoms with Crippen molar-refractivity contribution in [2.24, 2.45) is 0 Å². The molecule has 1 nitrogen and oxygen atoms in total. The van der Waals surface area contributed by atoms with Crippen molar-refractivity contribution in [1.29, 1.82) is 0 Å². The summed E-state index contributed by atoms with van der Waals surface area (Å²) in [5, 5.41) is 5.25. The number of benzene rings is 1. The minimum Gasteiger partial charge on any atom is -0.312 e. The Balaban J connectivity index is 1.78. The van der Waals surface area contributed by atoms with Gasteiger partial charge >= 0.3 is 0 Å². The average molecular weight is 253 g/mol. The van der Waals surface area contributed by atoms with Crippen LogP contribution < -0.4 is 5.32 Å². The van der Waals surface area contributed by atoms with Crippen LogP contribution in [-0.2, 0) is 13.0 Å². The number of rotatable bonds is 5. The molecule has 2 aromatic rings. The topological polar surface area (TPSA) is 12.0 Å². The number of nitrogens with one attached hydrogen (secondary N) is 1. The summed E-state index contributed by atoms with van der Waals surface area (Å²) in [5.74, 6) is -0.999. The molecule has 0 bridgehead atoms. The maximum Gasteiger partial charge on any atom is 0.129 e. The Kier molecular flexibility index (Phi) is 4.23. The van der Waals surface area contributed by atoms with Crippen molar-refractivity contribution in [2.45, 2.75) is 13.0 Å². The average Bonchev–Trinajstić information content (AvgIpc) is 2.79. The molecule has 1 N–H and O–H groups in total. The normalized spacial score (nSPS) is 10.7. The second kappa shape index (κ2) is 5.89. The lowest BCUT2D eigenvalue weighted by Gasteiger charge is -2.04. The molecule has 0 radical (unpaired) electrons. The molecule has 0 amide bonds. The zero-order chi connectivity index (χ0) is 12.1. The number of hydrogen-bond acceptors (Lipinski definition) is 2. The Morgan fingerprint density at radius 2 is 2.06 bits per heavy atom. The van der Waals surface area contributed by atoms with Gasteiger partial charge in [0.2, 0.25) is 0 Å². The van der Waals surface area contributed by atoms with Gasteiger partial charge in [0.1, 0.15) is 11.6 Å². The molecular formula is C13H13F2NS. The van der Waals surface area contributed by atoms with Gasteiger partial charge in [-0.2, -0.15) is 0 Å². The summed E-state index contributed by atoms with van der Waals surface area (Å²) in [5.41, 5.74) is 0.546. The van der Waals surface area contributed by atoms with E-state index in [2.05, 4.69) is 11.4 Å². The van der Waals surface area contributed by atoms with Gasteiger partial charge < -0.3 is 5.32 Å². The van der Waals surface area contributed by atoms with E-state index in [0.29, 0.717) is 18.5 Å². The van der Waals surface area contributed by atoms with Crippen molar-refractivity contribution in [3.8, 4) is 0 Å². The van der Waals surface area contributed by atoms with Crippen LogP contribution in [0.25, 0.3) is 0 Å². The van der Waals surface area contributed by atoms with Crippen molar-refractivity contribution in [3.63, 3.8) is 0 Å². The summed E-state index contributed by atoms with van der Waals surface area (Å²) in [4.78, 5) is 1.25. The van der Waals surface area contributed by atoms with E-state index in [1.54, 1.807) is 11.3 Å². The first-order valence-electron chi connectivity index (χ1n) is 5.43. The van der Waals surface area contributed by atoms with Crippen LogP contribution in [0, 0.1) is 11.6 Å². The van der Waals surface area contributed by atoms with Gasteiger partial charge in [0, 0.05) is 17.5 Å². The van der Waals surface area contributed by atoms with E-state index >= 15 is 0 Å². The highest BCUT2D eigenvalue weighted by molar-refractivity contribution is 7.09. The van der Waals surface area contributed by atoms with E-state index in [0.717, 1.165) is 12.6 Å². The molecule has 0 fully saturated rings. The first-order valence-corrected chi connectivity index (χ1v) is 6.31. The van der Waals surface area contributed by atoms with Crippen molar-refractivity contribution >= 4 is 11.3 Å². The Bertz CT molecular complexity index is 468. The first kappa shape index (κ1) is 12.2. The van der Waals surface area contributed by atoms with Gasteiger partial charge in [-0.1, -0.05) is 12.1 Å². The molecule has 0 saturated heterocycles. The lowest BCUT2D eigenvalue weighted by Crippen LogP contribution is -2.16. The van der Waals surface area contributed by atoms with Gasteiger partial charge in [-0.3, -0.25) is 0 Å². The lowest BCUT2D eigenvalue weighted by molar-refractivity contribution is 0.567. The third-order valence-electron chi connectivity index (χ3n) is 2.47. The summed E-state index contributed by atoms with van der Waals surface area (Å²) in [6.07, 6.45) is 0.567. The molecule has 1 aromatic heterocycles. The van der Waals surface area contributed by atoms with Gasteiger partial charge in [-0.25, -0.2) is 8.78 Å². The van der Waals surface area contributed by atoms with Crippen LogP contribution in [0.3, 0.4) is 0 Å². The monoisotopic (exact) mass is 253 g/mol. The van der Waals surface area contributed by atoms with Gasteiger partial charge in [-0.05, 0) is 36.0 Å². The van der Waals surface area contributed by atoms with Crippen LogP contribution in [0.2, 0.25) is 0 Å². The summed E-state index contributed by atoms with van der Waals surface area (Å²) >= 11 is 1.69. The van der Waals surface area contributed by atoms with Gasteiger partial charge in [-0.15, -0.1) is 11.3 Å². The highest BCUT2D eigenvalue weighted by Gasteiger charge is 2.03. The maximum atomic E-state index is 13.3. The molecule has 90 valence electrons. The quantitative estimate of drug-likeness (QED) is 0.806. The SMILES string of the molecule is Fc1ccc(CCNCc2cccs2)c(F)c1. The maximum absolute atomic E-state index is 13.3. The zero-order valence-corrected chi connectivity index (χ0v) is 10.1. The minimum absolute atomic E-state index is 0.470. The predicted molar refractivity (Wildman–Crippen MR) is 66.1 cm³/mol. The highest BCUT2D eigenvalue weighted by atomic mass is 32.1.